The molecule has 0 bridgehead atoms. The maximum absolute atomic E-state index is 5.98. The lowest BCUT2D eigenvalue weighted by molar-refractivity contribution is 0.418. The van der Waals surface area contributed by atoms with Gasteiger partial charge in [-0.15, -0.1) is 0 Å². The molecule has 1 aromatic rings. The fourth-order valence-electron chi connectivity index (χ4n) is 2.47. The van der Waals surface area contributed by atoms with Crippen molar-refractivity contribution in [2.24, 2.45) is 16.8 Å². The molecule has 0 saturated heterocycles. The second-order valence-corrected chi connectivity index (χ2v) is 4.85. The molecule has 1 aliphatic rings. The Hall–Kier alpha value is -1.61. The molecule has 0 saturated carbocycles. The second-order valence-electron chi connectivity index (χ2n) is 4.85. The first-order chi connectivity index (χ1) is 8.63. The van der Waals surface area contributed by atoms with Gasteiger partial charge in [0.15, 0.2) is 0 Å². The molecular weight excluding hydrogens is 222 g/mol. The Morgan fingerprint density at radius 1 is 1.28 bits per heavy atom. The van der Waals surface area contributed by atoms with Gasteiger partial charge in [0.25, 0.3) is 0 Å². The Morgan fingerprint density at radius 2 is 1.94 bits per heavy atom. The van der Waals surface area contributed by atoms with Crippen molar-refractivity contribution in [2.45, 2.75) is 19.8 Å². The van der Waals surface area contributed by atoms with Gasteiger partial charge < -0.3 is 5.73 Å². The normalized spacial score (nSPS) is 21.3. The van der Waals surface area contributed by atoms with Crippen molar-refractivity contribution < 1.29 is 0 Å². The van der Waals surface area contributed by atoms with Gasteiger partial charge in [0, 0.05) is 36.8 Å². The predicted molar refractivity (Wildman–Crippen MR) is 76.4 cm³/mol. The summed E-state index contributed by atoms with van der Waals surface area (Å²) in [6, 6.07) is 10.5. The van der Waals surface area contributed by atoms with Crippen molar-refractivity contribution >= 4 is 5.71 Å². The lowest BCUT2D eigenvalue weighted by Crippen LogP contribution is -2.30. The van der Waals surface area contributed by atoms with Crippen LogP contribution in [-0.4, -0.2) is 24.3 Å². The first kappa shape index (κ1) is 12.8. The SMILES string of the molecule is CC1=CC(C(CN)c2ccccc2)C(C)=NN1C. The minimum Gasteiger partial charge on any atom is -0.330 e. The van der Waals surface area contributed by atoms with Gasteiger partial charge in [-0.3, -0.25) is 5.01 Å². The lowest BCUT2D eigenvalue weighted by Gasteiger charge is -2.30. The first-order valence-electron chi connectivity index (χ1n) is 6.35. The van der Waals surface area contributed by atoms with E-state index < -0.39 is 0 Å². The molecule has 3 heteroatoms. The summed E-state index contributed by atoms with van der Waals surface area (Å²) in [5, 5.41) is 6.49. The van der Waals surface area contributed by atoms with Gasteiger partial charge in [0.2, 0.25) is 0 Å². The summed E-state index contributed by atoms with van der Waals surface area (Å²) in [6.45, 7) is 4.80. The number of nitrogens with two attached hydrogens (primary N) is 1. The van der Waals surface area contributed by atoms with Gasteiger partial charge in [0.05, 0.1) is 0 Å². The number of rotatable bonds is 3. The number of hydrogen-bond acceptors (Lipinski definition) is 3. The minimum atomic E-state index is 0.300. The Balaban J connectivity index is 2.32. The highest BCUT2D eigenvalue weighted by atomic mass is 15.4. The van der Waals surface area contributed by atoms with Crippen molar-refractivity contribution in [3.05, 3.63) is 47.7 Å². The minimum absolute atomic E-state index is 0.300. The van der Waals surface area contributed by atoms with Gasteiger partial charge in [0.1, 0.15) is 0 Å². The van der Waals surface area contributed by atoms with Crippen molar-refractivity contribution in [1.29, 1.82) is 0 Å². The van der Waals surface area contributed by atoms with Crippen LogP contribution in [0.4, 0.5) is 0 Å². The third kappa shape index (κ3) is 2.46. The zero-order chi connectivity index (χ0) is 13.1. The molecule has 1 heterocycles. The van der Waals surface area contributed by atoms with Crippen LogP contribution in [0.5, 0.6) is 0 Å². The highest BCUT2D eigenvalue weighted by molar-refractivity contribution is 5.87. The van der Waals surface area contributed by atoms with Crippen LogP contribution in [0.3, 0.4) is 0 Å². The molecule has 18 heavy (non-hydrogen) atoms. The number of allylic oxidation sites excluding steroid dienone is 2. The average Bonchev–Trinajstić information content (AvgIpc) is 2.38. The summed E-state index contributed by atoms with van der Waals surface area (Å²) in [5.74, 6) is 0.604. The van der Waals surface area contributed by atoms with E-state index >= 15 is 0 Å². The molecular formula is C15H21N3. The van der Waals surface area contributed by atoms with Gasteiger partial charge in [-0.2, -0.15) is 5.10 Å². The third-order valence-electron chi connectivity index (χ3n) is 3.64. The standard InChI is InChI=1S/C15H21N3/c1-11-9-14(12(2)17-18(11)3)15(10-16)13-7-5-4-6-8-13/h4-9,14-15H,10,16H2,1-3H3. The summed E-state index contributed by atoms with van der Waals surface area (Å²) in [6.07, 6.45) is 2.27. The smallest absolute Gasteiger partial charge is 0.0429 e. The fraction of sp³-hybridized carbons (Fsp3) is 0.400. The molecule has 2 atom stereocenters. The van der Waals surface area contributed by atoms with E-state index in [-0.39, 0.29) is 0 Å². The highest BCUT2D eigenvalue weighted by Crippen LogP contribution is 2.30. The van der Waals surface area contributed by atoms with E-state index in [1.165, 1.54) is 11.3 Å². The monoisotopic (exact) mass is 243 g/mol. The Kier molecular flexibility index (Phi) is 3.82. The van der Waals surface area contributed by atoms with Gasteiger partial charge in [-0.1, -0.05) is 36.4 Å². The molecule has 0 amide bonds. The topological polar surface area (TPSA) is 41.6 Å². The lowest BCUT2D eigenvalue weighted by atomic mass is 9.82. The van der Waals surface area contributed by atoms with Crippen LogP contribution in [0, 0.1) is 5.92 Å². The van der Waals surface area contributed by atoms with Gasteiger partial charge >= 0.3 is 0 Å². The molecule has 0 aromatic heterocycles. The summed E-state index contributed by atoms with van der Waals surface area (Å²) >= 11 is 0. The molecule has 1 aromatic carbocycles. The van der Waals surface area contributed by atoms with Crippen molar-refractivity contribution in [3.8, 4) is 0 Å². The molecule has 0 spiro atoms. The molecule has 1 aliphatic heterocycles. The fourth-order valence-corrected chi connectivity index (χ4v) is 2.47. The number of nitrogens with zero attached hydrogens (tertiary/aromatic N) is 2. The molecule has 2 rings (SSSR count). The van der Waals surface area contributed by atoms with Crippen LogP contribution < -0.4 is 5.73 Å². The zero-order valence-electron chi connectivity index (χ0n) is 11.3. The Labute approximate surface area is 109 Å². The largest absolute Gasteiger partial charge is 0.330 e. The summed E-state index contributed by atoms with van der Waals surface area (Å²) in [5.41, 5.74) is 9.57. The average molecular weight is 243 g/mol. The molecule has 0 aliphatic carbocycles. The zero-order valence-corrected chi connectivity index (χ0v) is 11.3. The molecule has 3 nitrogen and oxygen atoms in total. The molecule has 2 unspecified atom stereocenters. The van der Waals surface area contributed by atoms with E-state index in [0.717, 1.165) is 5.71 Å². The number of benzene rings is 1. The molecule has 0 fully saturated rings. The highest BCUT2D eigenvalue weighted by Gasteiger charge is 2.26. The summed E-state index contributed by atoms with van der Waals surface area (Å²) in [7, 11) is 1.98. The molecule has 96 valence electrons. The van der Waals surface area contributed by atoms with E-state index in [4.69, 9.17) is 5.73 Å². The summed E-state index contributed by atoms with van der Waals surface area (Å²) in [4.78, 5) is 0. The van der Waals surface area contributed by atoms with Crippen LogP contribution in [0.1, 0.15) is 25.3 Å². The first-order valence-corrected chi connectivity index (χ1v) is 6.35. The Morgan fingerprint density at radius 3 is 2.56 bits per heavy atom. The van der Waals surface area contributed by atoms with E-state index in [1.54, 1.807) is 0 Å². The van der Waals surface area contributed by atoms with E-state index in [1.807, 2.05) is 18.1 Å². The predicted octanol–water partition coefficient (Wildman–Crippen LogP) is 2.57. The van der Waals surface area contributed by atoms with Crippen LogP contribution in [-0.2, 0) is 0 Å². The van der Waals surface area contributed by atoms with Crippen molar-refractivity contribution in [2.75, 3.05) is 13.6 Å². The maximum atomic E-state index is 5.98. The van der Waals surface area contributed by atoms with Crippen LogP contribution in [0.25, 0.3) is 0 Å². The van der Waals surface area contributed by atoms with Crippen LogP contribution >= 0.6 is 0 Å². The van der Waals surface area contributed by atoms with E-state index in [0.29, 0.717) is 18.4 Å². The van der Waals surface area contributed by atoms with Gasteiger partial charge in [-0.25, -0.2) is 0 Å². The maximum Gasteiger partial charge on any atom is 0.0429 e. The quantitative estimate of drug-likeness (QED) is 0.886. The molecule has 0 radical (unpaired) electrons. The van der Waals surface area contributed by atoms with Crippen molar-refractivity contribution in [3.63, 3.8) is 0 Å². The third-order valence-corrected chi connectivity index (χ3v) is 3.64. The van der Waals surface area contributed by atoms with Crippen LogP contribution in [0.2, 0.25) is 0 Å². The van der Waals surface area contributed by atoms with E-state index in [2.05, 4.69) is 49.3 Å². The van der Waals surface area contributed by atoms with E-state index in [9.17, 15) is 0 Å². The molecule has 2 N–H and O–H groups in total. The Bertz CT molecular complexity index is 462. The van der Waals surface area contributed by atoms with Gasteiger partial charge in [-0.05, 0) is 19.4 Å². The van der Waals surface area contributed by atoms with Crippen LogP contribution in [0.15, 0.2) is 47.2 Å². The van der Waals surface area contributed by atoms with Crippen molar-refractivity contribution in [1.82, 2.24) is 5.01 Å². The second kappa shape index (κ2) is 5.36. The summed E-state index contributed by atoms with van der Waals surface area (Å²) < 4.78 is 0. The number of hydrogen-bond donors (Lipinski definition) is 1. The number of hydrazone groups is 1.